The molecule has 6 heteroatoms. The zero-order chi connectivity index (χ0) is 16.7. The summed E-state index contributed by atoms with van der Waals surface area (Å²) in [5.74, 6) is -0.156. The lowest BCUT2D eigenvalue weighted by Crippen LogP contribution is -2.25. The average molecular weight is 332 g/mol. The molecule has 0 aliphatic carbocycles. The van der Waals surface area contributed by atoms with E-state index in [1.54, 1.807) is 6.07 Å². The summed E-state index contributed by atoms with van der Waals surface area (Å²) < 4.78 is 1.84. The van der Waals surface area contributed by atoms with Crippen molar-refractivity contribution in [2.45, 2.75) is 31.8 Å². The fourth-order valence-corrected chi connectivity index (χ4v) is 4.35. The van der Waals surface area contributed by atoms with Crippen molar-refractivity contribution in [2.24, 2.45) is 0 Å². The van der Waals surface area contributed by atoms with Crippen LogP contribution in [0.25, 0.3) is 10.9 Å². The Kier molecular flexibility index (Phi) is 4.21. The van der Waals surface area contributed by atoms with Crippen molar-refractivity contribution in [1.29, 1.82) is 0 Å². The van der Waals surface area contributed by atoms with Crippen molar-refractivity contribution in [3.8, 4) is 0 Å². The van der Waals surface area contributed by atoms with Crippen LogP contribution in [-0.4, -0.2) is 38.7 Å². The molecule has 3 rings (SSSR count). The second-order valence-corrected chi connectivity index (χ2v) is 7.20. The number of fused-ring (bicyclic) bond motifs is 1. The Morgan fingerprint density at radius 3 is 2.74 bits per heavy atom. The average Bonchev–Trinajstić information content (AvgIpc) is 2.86. The maximum absolute atomic E-state index is 12.4. The van der Waals surface area contributed by atoms with Crippen LogP contribution < -0.4 is 5.43 Å². The number of pyridine rings is 1. The highest BCUT2D eigenvalue weighted by Gasteiger charge is 2.29. The Morgan fingerprint density at radius 2 is 2.17 bits per heavy atom. The van der Waals surface area contributed by atoms with Gasteiger partial charge in [-0.25, -0.2) is 4.79 Å². The van der Waals surface area contributed by atoms with E-state index in [1.165, 1.54) is 11.8 Å². The summed E-state index contributed by atoms with van der Waals surface area (Å²) in [6.07, 6.45) is 1.45. The second kappa shape index (κ2) is 6.02. The van der Waals surface area contributed by atoms with Crippen LogP contribution in [0.4, 0.5) is 0 Å². The summed E-state index contributed by atoms with van der Waals surface area (Å²) >= 11 is 1.91. The van der Waals surface area contributed by atoms with E-state index in [1.807, 2.05) is 35.4 Å². The minimum atomic E-state index is -1.18. The van der Waals surface area contributed by atoms with Crippen LogP contribution in [0.2, 0.25) is 0 Å². The minimum absolute atomic E-state index is 0.172. The number of hydrogen-bond donors (Lipinski definition) is 1. The predicted molar refractivity (Wildman–Crippen MR) is 93.3 cm³/mol. The van der Waals surface area contributed by atoms with E-state index >= 15 is 0 Å². The first-order chi connectivity index (χ1) is 10.9. The first-order valence-corrected chi connectivity index (χ1v) is 8.72. The fraction of sp³-hybridized carbons (Fsp3) is 0.412. The summed E-state index contributed by atoms with van der Waals surface area (Å²) in [5.41, 5.74) is 1.39. The predicted octanol–water partition coefficient (Wildman–Crippen LogP) is 2.79. The Hall–Kier alpha value is -1.79. The number of aryl methyl sites for hydroxylation is 1. The lowest BCUT2D eigenvalue weighted by atomic mass is 10.0. The number of hydrogen-bond acceptors (Lipinski definition) is 4. The number of benzene rings is 1. The first-order valence-electron chi connectivity index (χ1n) is 7.68. The molecular formula is C17H20N2O3S. The Balaban J connectivity index is 2.18. The summed E-state index contributed by atoms with van der Waals surface area (Å²) in [7, 11) is 2.11. The van der Waals surface area contributed by atoms with Crippen LogP contribution in [0.15, 0.2) is 29.2 Å². The number of rotatable bonds is 3. The molecular weight excluding hydrogens is 312 g/mol. The van der Waals surface area contributed by atoms with Crippen molar-refractivity contribution in [3.05, 3.63) is 45.7 Å². The first kappa shape index (κ1) is 16.1. The fourth-order valence-electron chi connectivity index (χ4n) is 3.08. The van der Waals surface area contributed by atoms with E-state index in [0.717, 1.165) is 11.3 Å². The van der Waals surface area contributed by atoms with Crippen molar-refractivity contribution in [2.75, 3.05) is 12.8 Å². The van der Waals surface area contributed by atoms with Gasteiger partial charge in [-0.1, -0.05) is 6.07 Å². The van der Waals surface area contributed by atoms with Gasteiger partial charge in [-0.2, -0.15) is 0 Å². The molecule has 122 valence electrons. The third-order valence-corrected chi connectivity index (χ3v) is 5.94. The summed E-state index contributed by atoms with van der Waals surface area (Å²) in [6, 6.07) is 6.08. The van der Waals surface area contributed by atoms with E-state index in [0.29, 0.717) is 23.3 Å². The van der Waals surface area contributed by atoms with Crippen LogP contribution in [0.1, 0.15) is 35.8 Å². The van der Waals surface area contributed by atoms with Crippen LogP contribution in [-0.2, 0) is 6.54 Å². The van der Waals surface area contributed by atoms with Crippen molar-refractivity contribution in [3.63, 3.8) is 0 Å². The summed E-state index contributed by atoms with van der Waals surface area (Å²) in [4.78, 5) is 26.0. The molecule has 0 saturated carbocycles. The lowest BCUT2D eigenvalue weighted by molar-refractivity contribution is 0.0695. The smallest absolute Gasteiger partial charge is 0.341 e. The third kappa shape index (κ3) is 2.66. The molecule has 2 unspecified atom stereocenters. The molecule has 1 N–H and O–H groups in total. The summed E-state index contributed by atoms with van der Waals surface area (Å²) in [6.45, 7) is 4.75. The topological polar surface area (TPSA) is 62.5 Å². The zero-order valence-corrected chi connectivity index (χ0v) is 14.3. The monoisotopic (exact) mass is 332 g/mol. The third-order valence-electron chi connectivity index (χ3n) is 4.62. The molecule has 0 amide bonds. The molecule has 0 spiro atoms. The SMILES string of the molecule is CCn1cc(C(=O)O)c(=O)c2ccc(C3CSC(C)N3C)cc21. The quantitative estimate of drug-likeness (QED) is 0.936. The van der Waals surface area contributed by atoms with Gasteiger partial charge in [-0.15, -0.1) is 11.8 Å². The molecule has 1 aromatic heterocycles. The van der Waals surface area contributed by atoms with Gasteiger partial charge in [0.05, 0.1) is 10.9 Å². The van der Waals surface area contributed by atoms with Gasteiger partial charge in [-0.3, -0.25) is 9.69 Å². The number of nitrogens with zero attached hydrogens (tertiary/aromatic N) is 2. The number of thioether (sulfide) groups is 1. The number of carbonyl (C=O) groups is 1. The van der Waals surface area contributed by atoms with E-state index in [-0.39, 0.29) is 5.56 Å². The molecule has 2 heterocycles. The largest absolute Gasteiger partial charge is 0.477 e. The van der Waals surface area contributed by atoms with Gasteiger partial charge in [0.25, 0.3) is 0 Å². The second-order valence-electron chi connectivity index (χ2n) is 5.85. The zero-order valence-electron chi connectivity index (χ0n) is 13.4. The maximum Gasteiger partial charge on any atom is 0.341 e. The van der Waals surface area contributed by atoms with Crippen molar-refractivity contribution >= 4 is 28.6 Å². The highest BCUT2D eigenvalue weighted by atomic mass is 32.2. The normalized spacial score (nSPS) is 21.9. The maximum atomic E-state index is 12.4. The molecule has 2 atom stereocenters. The number of carboxylic acids is 1. The van der Waals surface area contributed by atoms with Gasteiger partial charge in [0.2, 0.25) is 5.43 Å². The van der Waals surface area contributed by atoms with E-state index in [9.17, 15) is 14.7 Å². The van der Waals surface area contributed by atoms with E-state index in [4.69, 9.17) is 0 Å². The standard InChI is InChI=1S/C17H20N2O3S/c1-4-19-8-13(17(21)22)16(20)12-6-5-11(7-14(12)19)15-9-23-10(2)18(15)3/h5-8,10,15H,4,9H2,1-3H3,(H,21,22). The molecule has 1 aromatic carbocycles. The molecule has 1 aliphatic heterocycles. The molecule has 1 fully saturated rings. The van der Waals surface area contributed by atoms with Crippen LogP contribution in [0, 0.1) is 0 Å². The van der Waals surface area contributed by atoms with E-state index in [2.05, 4.69) is 18.9 Å². The van der Waals surface area contributed by atoms with Gasteiger partial charge in [0.1, 0.15) is 5.56 Å². The Labute approximate surface area is 138 Å². The molecule has 2 aromatic rings. The molecule has 5 nitrogen and oxygen atoms in total. The highest BCUT2D eigenvalue weighted by Crippen LogP contribution is 2.37. The minimum Gasteiger partial charge on any atom is -0.477 e. The number of aromatic carboxylic acids is 1. The van der Waals surface area contributed by atoms with Gasteiger partial charge < -0.3 is 9.67 Å². The van der Waals surface area contributed by atoms with Crippen molar-refractivity contribution < 1.29 is 9.90 Å². The Morgan fingerprint density at radius 1 is 1.43 bits per heavy atom. The molecule has 1 saturated heterocycles. The van der Waals surface area contributed by atoms with Crippen LogP contribution in [0.5, 0.6) is 0 Å². The highest BCUT2D eigenvalue weighted by molar-refractivity contribution is 8.00. The summed E-state index contributed by atoms with van der Waals surface area (Å²) in [5, 5.41) is 10.2. The Bertz CT molecular complexity index is 830. The van der Waals surface area contributed by atoms with Gasteiger partial charge in [-0.05, 0) is 38.6 Å². The van der Waals surface area contributed by atoms with E-state index < -0.39 is 11.4 Å². The molecule has 0 bridgehead atoms. The van der Waals surface area contributed by atoms with Crippen molar-refractivity contribution in [1.82, 2.24) is 9.47 Å². The molecule has 1 aliphatic rings. The van der Waals surface area contributed by atoms with Crippen LogP contribution >= 0.6 is 11.8 Å². The molecule has 23 heavy (non-hydrogen) atoms. The molecule has 0 radical (unpaired) electrons. The van der Waals surface area contributed by atoms with Gasteiger partial charge in [0, 0.05) is 29.9 Å². The van der Waals surface area contributed by atoms with Gasteiger partial charge in [0.15, 0.2) is 0 Å². The number of aromatic nitrogens is 1. The number of carboxylic acid groups (broad SMARTS) is 1. The van der Waals surface area contributed by atoms with Gasteiger partial charge >= 0.3 is 5.97 Å². The lowest BCUT2D eigenvalue weighted by Gasteiger charge is -2.23. The van der Waals surface area contributed by atoms with Crippen LogP contribution in [0.3, 0.4) is 0 Å².